The minimum atomic E-state index is -3.49. The Balaban J connectivity index is 2.12. The van der Waals surface area contributed by atoms with Crippen LogP contribution in [-0.4, -0.2) is 37.1 Å². The molecular formula is C9H16N2O3S. The van der Waals surface area contributed by atoms with Crippen molar-refractivity contribution in [2.75, 3.05) is 6.54 Å². The highest BCUT2D eigenvalue weighted by atomic mass is 32.2. The lowest BCUT2D eigenvalue weighted by atomic mass is 9.93. The summed E-state index contributed by atoms with van der Waals surface area (Å²) in [5, 5.41) is 4.55. The third kappa shape index (κ3) is 2.15. The molecule has 0 aliphatic carbocycles. The highest BCUT2D eigenvalue weighted by molar-refractivity contribution is 7.89. The number of hydrogen-bond acceptors (Lipinski definition) is 3. The smallest absolute Gasteiger partial charge is 0.222 e. The molecule has 1 amide bonds. The van der Waals surface area contributed by atoms with Crippen molar-refractivity contribution in [3.8, 4) is 0 Å². The number of piperidine rings is 2. The monoisotopic (exact) mass is 232 g/mol. The SMILES string of the molecule is NS(=O)(=O)[C@H]1CC[C@@H]2CCCC(=O)N2C1. The molecule has 2 aliphatic rings. The van der Waals surface area contributed by atoms with Gasteiger partial charge >= 0.3 is 0 Å². The van der Waals surface area contributed by atoms with Gasteiger partial charge in [-0.1, -0.05) is 0 Å². The van der Waals surface area contributed by atoms with Gasteiger partial charge in [0.2, 0.25) is 15.9 Å². The Morgan fingerprint density at radius 1 is 1.27 bits per heavy atom. The summed E-state index contributed by atoms with van der Waals surface area (Å²) < 4.78 is 22.4. The highest BCUT2D eigenvalue weighted by Crippen LogP contribution is 2.28. The number of primary sulfonamides is 1. The highest BCUT2D eigenvalue weighted by Gasteiger charge is 2.37. The minimum absolute atomic E-state index is 0.0830. The van der Waals surface area contributed by atoms with Gasteiger partial charge in [0.15, 0.2) is 0 Å². The van der Waals surface area contributed by atoms with E-state index in [0.717, 1.165) is 19.3 Å². The molecule has 0 unspecified atom stereocenters. The Kier molecular flexibility index (Phi) is 2.72. The van der Waals surface area contributed by atoms with Gasteiger partial charge < -0.3 is 4.90 Å². The van der Waals surface area contributed by atoms with Gasteiger partial charge in [-0.05, 0) is 25.7 Å². The number of nitrogens with zero attached hydrogens (tertiary/aromatic N) is 1. The van der Waals surface area contributed by atoms with E-state index in [0.29, 0.717) is 19.4 Å². The second-order valence-corrected chi connectivity index (χ2v) is 6.23. The molecule has 0 bridgehead atoms. The van der Waals surface area contributed by atoms with Crippen LogP contribution in [0.15, 0.2) is 0 Å². The van der Waals surface area contributed by atoms with Crippen LogP contribution in [0.5, 0.6) is 0 Å². The molecule has 6 heteroatoms. The van der Waals surface area contributed by atoms with Gasteiger partial charge in [0, 0.05) is 19.0 Å². The van der Waals surface area contributed by atoms with E-state index in [2.05, 4.69) is 0 Å². The molecule has 0 aromatic carbocycles. The van der Waals surface area contributed by atoms with E-state index in [1.165, 1.54) is 0 Å². The summed E-state index contributed by atoms with van der Waals surface area (Å²) in [6, 6.07) is 0.254. The number of carbonyl (C=O) groups excluding carboxylic acids is 1. The van der Waals surface area contributed by atoms with Crippen molar-refractivity contribution in [3.63, 3.8) is 0 Å². The fraction of sp³-hybridized carbons (Fsp3) is 0.889. The summed E-state index contributed by atoms with van der Waals surface area (Å²) in [4.78, 5) is 13.3. The summed E-state index contributed by atoms with van der Waals surface area (Å²) in [7, 11) is -3.49. The molecule has 0 radical (unpaired) electrons. The fourth-order valence-electron chi connectivity index (χ4n) is 2.50. The Hall–Kier alpha value is -0.620. The molecule has 2 saturated heterocycles. The zero-order chi connectivity index (χ0) is 11.1. The maximum absolute atomic E-state index is 11.6. The minimum Gasteiger partial charge on any atom is -0.338 e. The third-order valence-corrected chi connectivity index (χ3v) is 4.69. The van der Waals surface area contributed by atoms with Gasteiger partial charge in [-0.25, -0.2) is 13.6 Å². The Bertz CT molecular complexity index is 366. The summed E-state index contributed by atoms with van der Waals surface area (Å²) in [5.41, 5.74) is 0. The van der Waals surface area contributed by atoms with Crippen LogP contribution in [0.2, 0.25) is 0 Å². The number of carbonyl (C=O) groups is 1. The van der Waals surface area contributed by atoms with Crippen molar-refractivity contribution in [2.45, 2.75) is 43.4 Å². The molecule has 0 spiro atoms. The van der Waals surface area contributed by atoms with Crippen LogP contribution in [0.4, 0.5) is 0 Å². The van der Waals surface area contributed by atoms with E-state index >= 15 is 0 Å². The first-order valence-corrected chi connectivity index (χ1v) is 6.90. The first-order chi connectivity index (χ1) is 6.98. The van der Waals surface area contributed by atoms with E-state index in [9.17, 15) is 13.2 Å². The standard InChI is InChI=1S/C9H16N2O3S/c10-15(13,14)8-5-4-7-2-1-3-9(12)11(7)6-8/h7-8H,1-6H2,(H2,10,13,14)/t7-,8-/m0/s1. The number of fused-ring (bicyclic) bond motifs is 1. The van der Waals surface area contributed by atoms with Gasteiger partial charge in [0.1, 0.15) is 0 Å². The molecule has 0 aromatic rings. The van der Waals surface area contributed by atoms with E-state index in [4.69, 9.17) is 5.14 Å². The lowest BCUT2D eigenvalue weighted by Crippen LogP contribution is -2.53. The number of hydrogen-bond donors (Lipinski definition) is 1. The number of amides is 1. The van der Waals surface area contributed by atoms with E-state index < -0.39 is 15.3 Å². The van der Waals surface area contributed by atoms with E-state index in [1.807, 2.05) is 0 Å². The largest absolute Gasteiger partial charge is 0.338 e. The van der Waals surface area contributed by atoms with E-state index in [-0.39, 0.29) is 11.9 Å². The summed E-state index contributed by atoms with van der Waals surface area (Å²) in [6.45, 7) is 0.294. The molecule has 2 heterocycles. The summed E-state index contributed by atoms with van der Waals surface area (Å²) in [6.07, 6.45) is 3.84. The predicted octanol–water partition coefficient (Wildman–Crippen LogP) is -0.182. The lowest BCUT2D eigenvalue weighted by Gasteiger charge is -2.41. The number of rotatable bonds is 1. The van der Waals surface area contributed by atoms with Crippen LogP contribution >= 0.6 is 0 Å². The second-order valence-electron chi connectivity index (χ2n) is 4.38. The predicted molar refractivity (Wildman–Crippen MR) is 55.5 cm³/mol. The van der Waals surface area contributed by atoms with Gasteiger partial charge in [-0.3, -0.25) is 4.79 Å². The molecule has 0 saturated carbocycles. The maximum Gasteiger partial charge on any atom is 0.222 e. The first-order valence-electron chi connectivity index (χ1n) is 5.29. The normalized spacial score (nSPS) is 32.6. The summed E-state index contributed by atoms with van der Waals surface area (Å²) >= 11 is 0. The zero-order valence-corrected chi connectivity index (χ0v) is 9.37. The Morgan fingerprint density at radius 2 is 2.00 bits per heavy atom. The molecule has 2 aliphatic heterocycles. The molecular weight excluding hydrogens is 216 g/mol. The third-order valence-electron chi connectivity index (χ3n) is 3.38. The molecule has 2 fully saturated rings. The van der Waals surface area contributed by atoms with Crippen molar-refractivity contribution in [3.05, 3.63) is 0 Å². The van der Waals surface area contributed by atoms with Crippen molar-refractivity contribution < 1.29 is 13.2 Å². The number of nitrogens with two attached hydrogens (primary N) is 1. The average molecular weight is 232 g/mol. The van der Waals surface area contributed by atoms with Gasteiger partial charge in [-0.15, -0.1) is 0 Å². The van der Waals surface area contributed by atoms with Crippen LogP contribution in [-0.2, 0) is 14.8 Å². The maximum atomic E-state index is 11.6. The van der Waals surface area contributed by atoms with Crippen LogP contribution in [0.3, 0.4) is 0 Å². The molecule has 86 valence electrons. The average Bonchev–Trinajstić information content (AvgIpc) is 2.16. The first kappa shape index (κ1) is 10.9. The fourth-order valence-corrected chi connectivity index (χ4v) is 3.33. The van der Waals surface area contributed by atoms with Crippen LogP contribution in [0.25, 0.3) is 0 Å². The Labute approximate surface area is 89.7 Å². The van der Waals surface area contributed by atoms with E-state index in [1.54, 1.807) is 4.90 Å². The molecule has 0 aromatic heterocycles. The van der Waals surface area contributed by atoms with Crippen LogP contribution in [0.1, 0.15) is 32.1 Å². The van der Waals surface area contributed by atoms with Crippen molar-refractivity contribution >= 4 is 15.9 Å². The molecule has 15 heavy (non-hydrogen) atoms. The van der Waals surface area contributed by atoms with Gasteiger partial charge in [0.25, 0.3) is 0 Å². The second kappa shape index (κ2) is 3.75. The quantitative estimate of drug-likeness (QED) is 0.681. The summed E-state index contributed by atoms with van der Waals surface area (Å²) in [5.74, 6) is 0.0830. The molecule has 2 rings (SSSR count). The van der Waals surface area contributed by atoms with Gasteiger partial charge in [0.05, 0.1) is 5.25 Å². The molecule has 2 atom stereocenters. The van der Waals surface area contributed by atoms with Crippen LogP contribution in [0, 0.1) is 0 Å². The topological polar surface area (TPSA) is 80.5 Å². The Morgan fingerprint density at radius 3 is 2.67 bits per heavy atom. The van der Waals surface area contributed by atoms with Crippen molar-refractivity contribution in [1.29, 1.82) is 0 Å². The van der Waals surface area contributed by atoms with Crippen molar-refractivity contribution in [1.82, 2.24) is 4.90 Å². The van der Waals surface area contributed by atoms with Gasteiger partial charge in [-0.2, -0.15) is 0 Å². The number of sulfonamides is 1. The van der Waals surface area contributed by atoms with Crippen molar-refractivity contribution in [2.24, 2.45) is 5.14 Å². The zero-order valence-electron chi connectivity index (χ0n) is 8.55. The molecule has 5 nitrogen and oxygen atoms in total. The lowest BCUT2D eigenvalue weighted by molar-refractivity contribution is -0.137. The van der Waals surface area contributed by atoms with Crippen LogP contribution < -0.4 is 5.14 Å². The molecule has 2 N–H and O–H groups in total.